The molecule has 1 aromatic carbocycles. The van der Waals surface area contributed by atoms with Crippen molar-refractivity contribution in [1.29, 1.82) is 0 Å². The summed E-state index contributed by atoms with van der Waals surface area (Å²) in [5.74, 6) is -0.782. The number of nitrogens with zero attached hydrogens (tertiary/aromatic N) is 1. The quantitative estimate of drug-likeness (QED) is 0.749. The minimum atomic E-state index is -1.09. The first-order chi connectivity index (χ1) is 8.99. The number of anilines is 3. The van der Waals surface area contributed by atoms with Crippen LogP contribution in [-0.2, 0) is 0 Å². The molecule has 0 saturated heterocycles. The van der Waals surface area contributed by atoms with Crippen LogP contribution >= 0.6 is 31.9 Å². The first-order valence-electron chi connectivity index (χ1n) is 5.19. The monoisotopic (exact) mass is 385 g/mol. The van der Waals surface area contributed by atoms with E-state index in [4.69, 9.17) is 10.8 Å². The van der Waals surface area contributed by atoms with Crippen molar-refractivity contribution in [2.75, 3.05) is 11.1 Å². The van der Waals surface area contributed by atoms with Gasteiger partial charge in [0.05, 0.1) is 16.9 Å². The van der Waals surface area contributed by atoms with Crippen molar-refractivity contribution in [3.8, 4) is 0 Å². The highest BCUT2D eigenvalue weighted by Gasteiger charge is 2.13. The Kier molecular flexibility index (Phi) is 4.06. The average Bonchev–Trinajstić information content (AvgIpc) is 2.36. The third kappa shape index (κ3) is 3.05. The number of carboxylic acid groups (broad SMARTS) is 1. The van der Waals surface area contributed by atoms with E-state index in [2.05, 4.69) is 42.2 Å². The second-order valence-electron chi connectivity index (χ2n) is 3.68. The lowest BCUT2D eigenvalue weighted by atomic mass is 10.2. The number of nitrogen functional groups attached to an aromatic ring is 1. The Morgan fingerprint density at radius 2 is 2.05 bits per heavy atom. The molecule has 0 atom stereocenters. The van der Waals surface area contributed by atoms with Crippen LogP contribution < -0.4 is 11.1 Å². The number of nitrogens with one attached hydrogen (secondary N) is 1. The molecule has 0 aliphatic heterocycles. The SMILES string of the molecule is Nc1c(C(=O)O)ccnc1Nc1cc(Br)ccc1Br. The Bertz CT molecular complexity index is 647. The Morgan fingerprint density at radius 1 is 1.32 bits per heavy atom. The van der Waals surface area contributed by atoms with E-state index in [0.29, 0.717) is 5.82 Å². The predicted octanol–water partition coefficient (Wildman–Crippen LogP) is 3.63. The van der Waals surface area contributed by atoms with Crippen molar-refractivity contribution in [3.05, 3.63) is 45.0 Å². The van der Waals surface area contributed by atoms with Crippen molar-refractivity contribution in [3.63, 3.8) is 0 Å². The zero-order chi connectivity index (χ0) is 14.0. The topological polar surface area (TPSA) is 88.2 Å². The van der Waals surface area contributed by atoms with Gasteiger partial charge in [0.1, 0.15) is 0 Å². The molecule has 1 heterocycles. The summed E-state index contributed by atoms with van der Waals surface area (Å²) >= 11 is 6.75. The van der Waals surface area contributed by atoms with Gasteiger partial charge in [-0.25, -0.2) is 9.78 Å². The second-order valence-corrected chi connectivity index (χ2v) is 5.45. The molecule has 98 valence electrons. The van der Waals surface area contributed by atoms with Crippen LogP contribution in [0.2, 0.25) is 0 Å². The number of aromatic nitrogens is 1. The van der Waals surface area contributed by atoms with Gasteiger partial charge in [-0.15, -0.1) is 0 Å². The van der Waals surface area contributed by atoms with Gasteiger partial charge in [0.25, 0.3) is 0 Å². The number of carboxylic acids is 1. The summed E-state index contributed by atoms with van der Waals surface area (Å²) in [5, 5.41) is 12.0. The number of nitrogens with two attached hydrogens (primary N) is 1. The Labute approximate surface area is 126 Å². The maximum absolute atomic E-state index is 11.0. The molecule has 1 aromatic heterocycles. The molecule has 2 rings (SSSR count). The first-order valence-corrected chi connectivity index (χ1v) is 6.77. The Balaban J connectivity index is 2.41. The molecule has 19 heavy (non-hydrogen) atoms. The van der Waals surface area contributed by atoms with Crippen LogP contribution in [0.25, 0.3) is 0 Å². The maximum Gasteiger partial charge on any atom is 0.337 e. The van der Waals surface area contributed by atoms with E-state index in [1.54, 1.807) is 0 Å². The number of halogens is 2. The van der Waals surface area contributed by atoms with E-state index in [0.717, 1.165) is 14.6 Å². The number of pyridine rings is 1. The van der Waals surface area contributed by atoms with Crippen LogP contribution in [0.15, 0.2) is 39.4 Å². The molecule has 7 heteroatoms. The average molecular weight is 387 g/mol. The summed E-state index contributed by atoms with van der Waals surface area (Å²) in [6.07, 6.45) is 1.40. The molecule has 0 radical (unpaired) electrons. The minimum Gasteiger partial charge on any atom is -0.478 e. The lowest BCUT2D eigenvalue weighted by molar-refractivity contribution is 0.0698. The van der Waals surface area contributed by atoms with Crippen molar-refractivity contribution in [2.45, 2.75) is 0 Å². The fraction of sp³-hybridized carbons (Fsp3) is 0. The van der Waals surface area contributed by atoms with Gasteiger partial charge in [-0.2, -0.15) is 0 Å². The van der Waals surface area contributed by atoms with E-state index in [-0.39, 0.29) is 11.3 Å². The van der Waals surface area contributed by atoms with Gasteiger partial charge in [-0.05, 0) is 40.2 Å². The van der Waals surface area contributed by atoms with Crippen LogP contribution in [-0.4, -0.2) is 16.1 Å². The maximum atomic E-state index is 11.0. The zero-order valence-electron chi connectivity index (χ0n) is 9.52. The highest BCUT2D eigenvalue weighted by molar-refractivity contribution is 9.11. The summed E-state index contributed by atoms with van der Waals surface area (Å²) in [6, 6.07) is 6.92. The van der Waals surface area contributed by atoms with Crippen LogP contribution in [0.4, 0.5) is 17.2 Å². The lowest BCUT2D eigenvalue weighted by Crippen LogP contribution is -2.07. The van der Waals surface area contributed by atoms with Crippen LogP contribution in [0.1, 0.15) is 10.4 Å². The fourth-order valence-corrected chi connectivity index (χ4v) is 2.19. The van der Waals surface area contributed by atoms with E-state index in [1.165, 1.54) is 12.3 Å². The number of hydrogen-bond donors (Lipinski definition) is 3. The van der Waals surface area contributed by atoms with Crippen molar-refractivity contribution in [1.82, 2.24) is 4.98 Å². The fourth-order valence-electron chi connectivity index (χ4n) is 1.48. The van der Waals surface area contributed by atoms with E-state index < -0.39 is 5.97 Å². The number of rotatable bonds is 3. The third-order valence-electron chi connectivity index (χ3n) is 2.40. The van der Waals surface area contributed by atoms with Gasteiger partial charge < -0.3 is 16.2 Å². The molecular formula is C12H9Br2N3O2. The van der Waals surface area contributed by atoms with Crippen LogP contribution in [0, 0.1) is 0 Å². The smallest absolute Gasteiger partial charge is 0.337 e. The lowest BCUT2D eigenvalue weighted by Gasteiger charge is -2.11. The van der Waals surface area contributed by atoms with Gasteiger partial charge >= 0.3 is 5.97 Å². The number of hydrogen-bond acceptors (Lipinski definition) is 4. The zero-order valence-corrected chi connectivity index (χ0v) is 12.7. The van der Waals surface area contributed by atoms with Gasteiger partial charge in [-0.3, -0.25) is 0 Å². The molecule has 0 unspecified atom stereocenters. The normalized spacial score (nSPS) is 10.2. The molecule has 0 fully saturated rings. The largest absolute Gasteiger partial charge is 0.478 e. The second kappa shape index (κ2) is 5.58. The van der Waals surface area contributed by atoms with Crippen LogP contribution in [0.5, 0.6) is 0 Å². The standard InChI is InChI=1S/C12H9Br2N3O2/c13-6-1-2-8(14)9(5-6)17-11-10(15)7(12(18)19)3-4-16-11/h1-5H,15H2,(H,16,17)(H,18,19). The molecule has 0 aliphatic rings. The van der Waals surface area contributed by atoms with Gasteiger partial charge in [0.2, 0.25) is 0 Å². The van der Waals surface area contributed by atoms with Crippen molar-refractivity contribution < 1.29 is 9.90 Å². The van der Waals surface area contributed by atoms with Gasteiger partial charge in [0.15, 0.2) is 5.82 Å². The molecule has 0 amide bonds. The highest BCUT2D eigenvalue weighted by atomic mass is 79.9. The first kappa shape index (κ1) is 13.8. The molecule has 0 aliphatic carbocycles. The summed E-state index contributed by atoms with van der Waals surface area (Å²) in [4.78, 5) is 15.0. The van der Waals surface area contributed by atoms with Gasteiger partial charge in [0, 0.05) is 15.1 Å². The summed E-state index contributed by atoms with van der Waals surface area (Å²) in [7, 11) is 0. The number of carbonyl (C=O) groups is 1. The summed E-state index contributed by atoms with van der Waals surface area (Å²) < 4.78 is 1.70. The molecule has 0 bridgehead atoms. The predicted molar refractivity (Wildman–Crippen MR) is 80.7 cm³/mol. The van der Waals surface area contributed by atoms with Crippen LogP contribution in [0.3, 0.4) is 0 Å². The molecule has 0 saturated carbocycles. The third-order valence-corrected chi connectivity index (χ3v) is 3.59. The minimum absolute atomic E-state index is 0.0172. The van der Waals surface area contributed by atoms with Crippen molar-refractivity contribution in [2.24, 2.45) is 0 Å². The number of benzene rings is 1. The molecule has 2 aromatic rings. The molecular weight excluding hydrogens is 378 g/mol. The van der Waals surface area contributed by atoms with E-state index in [1.807, 2.05) is 18.2 Å². The Morgan fingerprint density at radius 3 is 2.74 bits per heavy atom. The molecule has 4 N–H and O–H groups in total. The highest BCUT2D eigenvalue weighted by Crippen LogP contribution is 2.31. The summed E-state index contributed by atoms with van der Waals surface area (Å²) in [6.45, 7) is 0. The summed E-state index contributed by atoms with van der Waals surface area (Å²) in [5.41, 5.74) is 6.64. The van der Waals surface area contributed by atoms with Crippen molar-refractivity contribution >= 4 is 55.0 Å². The van der Waals surface area contributed by atoms with E-state index in [9.17, 15) is 4.79 Å². The molecule has 0 spiro atoms. The number of aromatic carboxylic acids is 1. The van der Waals surface area contributed by atoms with E-state index >= 15 is 0 Å². The Hall–Kier alpha value is -1.60. The molecule has 5 nitrogen and oxygen atoms in total. The van der Waals surface area contributed by atoms with Gasteiger partial charge in [-0.1, -0.05) is 15.9 Å².